The summed E-state index contributed by atoms with van der Waals surface area (Å²) >= 11 is 10.6. The standard InChI is InChI=1S/C6H8Cl2S2/c7-3-1-5-9-10-6-2-4-8/h1-4H,5-6H2. The first-order chi connectivity index (χ1) is 4.91. The SMILES string of the molecule is ClC=CCSSCC=CCl. The molecule has 0 unspecified atom stereocenters. The van der Waals surface area contributed by atoms with Gasteiger partial charge in [0.05, 0.1) is 0 Å². The third-order valence-electron chi connectivity index (χ3n) is 0.590. The van der Waals surface area contributed by atoms with E-state index < -0.39 is 0 Å². The van der Waals surface area contributed by atoms with E-state index in [-0.39, 0.29) is 0 Å². The Morgan fingerprint density at radius 2 is 1.30 bits per heavy atom. The molecular formula is C6H8Cl2S2. The molecular weight excluding hydrogens is 207 g/mol. The van der Waals surface area contributed by atoms with E-state index in [1.807, 2.05) is 12.2 Å². The molecule has 0 aromatic rings. The minimum Gasteiger partial charge on any atom is -0.0933 e. The van der Waals surface area contributed by atoms with E-state index >= 15 is 0 Å². The van der Waals surface area contributed by atoms with Crippen LogP contribution in [0.4, 0.5) is 0 Å². The Morgan fingerprint density at radius 1 is 0.900 bits per heavy atom. The van der Waals surface area contributed by atoms with E-state index in [1.54, 1.807) is 21.6 Å². The number of hydrogen-bond acceptors (Lipinski definition) is 2. The van der Waals surface area contributed by atoms with Gasteiger partial charge in [-0.3, -0.25) is 0 Å². The molecule has 4 heteroatoms. The van der Waals surface area contributed by atoms with E-state index in [0.29, 0.717) is 0 Å². The van der Waals surface area contributed by atoms with Crippen LogP contribution in [0.2, 0.25) is 0 Å². The van der Waals surface area contributed by atoms with Gasteiger partial charge in [0.15, 0.2) is 0 Å². The van der Waals surface area contributed by atoms with Crippen molar-refractivity contribution < 1.29 is 0 Å². The monoisotopic (exact) mass is 214 g/mol. The van der Waals surface area contributed by atoms with Crippen molar-refractivity contribution in [1.29, 1.82) is 0 Å². The molecule has 58 valence electrons. The quantitative estimate of drug-likeness (QED) is 0.504. The zero-order valence-corrected chi connectivity index (χ0v) is 8.44. The van der Waals surface area contributed by atoms with E-state index in [4.69, 9.17) is 23.2 Å². The largest absolute Gasteiger partial charge is 0.0933 e. The molecule has 0 rings (SSSR count). The van der Waals surface area contributed by atoms with Crippen LogP contribution < -0.4 is 0 Å². The molecule has 0 spiro atoms. The highest BCUT2D eigenvalue weighted by Crippen LogP contribution is 2.20. The Bertz CT molecular complexity index is 98.3. The van der Waals surface area contributed by atoms with Crippen LogP contribution >= 0.6 is 44.8 Å². The smallest absolute Gasteiger partial charge is 0.0229 e. The molecule has 0 bridgehead atoms. The molecule has 10 heavy (non-hydrogen) atoms. The number of rotatable bonds is 5. The van der Waals surface area contributed by atoms with Gasteiger partial charge in [-0.25, -0.2) is 0 Å². The first kappa shape index (κ1) is 10.8. The predicted molar refractivity (Wildman–Crippen MR) is 54.9 cm³/mol. The molecule has 0 aliphatic heterocycles. The maximum atomic E-state index is 5.30. The second kappa shape index (κ2) is 9.76. The van der Waals surface area contributed by atoms with Crippen LogP contribution in [-0.2, 0) is 0 Å². The van der Waals surface area contributed by atoms with Gasteiger partial charge in [0.25, 0.3) is 0 Å². The molecule has 0 aromatic heterocycles. The minimum atomic E-state index is 0.949. The molecule has 0 aromatic carbocycles. The zero-order valence-electron chi connectivity index (χ0n) is 5.30. The maximum Gasteiger partial charge on any atom is 0.0229 e. The summed E-state index contributed by atoms with van der Waals surface area (Å²) in [4.78, 5) is 0. The summed E-state index contributed by atoms with van der Waals surface area (Å²) in [6.07, 6.45) is 3.81. The first-order valence-electron chi connectivity index (χ1n) is 2.66. The second-order valence-corrected chi connectivity index (χ2v) is 4.35. The summed E-state index contributed by atoms with van der Waals surface area (Å²) in [6, 6.07) is 0. The lowest BCUT2D eigenvalue weighted by Gasteiger charge is -1.90. The van der Waals surface area contributed by atoms with Crippen molar-refractivity contribution in [2.75, 3.05) is 11.5 Å². The van der Waals surface area contributed by atoms with Crippen LogP contribution in [0, 0.1) is 0 Å². The Balaban J connectivity index is 2.90. The summed E-state index contributed by atoms with van der Waals surface area (Å²) in [5.74, 6) is 1.90. The van der Waals surface area contributed by atoms with Crippen LogP contribution in [0.25, 0.3) is 0 Å². The molecule has 0 atom stereocenters. The van der Waals surface area contributed by atoms with Crippen LogP contribution in [0.3, 0.4) is 0 Å². The van der Waals surface area contributed by atoms with Crippen LogP contribution in [0.1, 0.15) is 0 Å². The fraction of sp³-hybridized carbons (Fsp3) is 0.333. The number of hydrogen-bond donors (Lipinski definition) is 0. The van der Waals surface area contributed by atoms with E-state index in [2.05, 4.69) is 0 Å². The topological polar surface area (TPSA) is 0 Å². The lowest BCUT2D eigenvalue weighted by molar-refractivity contribution is 1.81. The first-order valence-corrected chi connectivity index (χ1v) is 6.02. The highest BCUT2D eigenvalue weighted by atomic mass is 35.5. The van der Waals surface area contributed by atoms with Crippen molar-refractivity contribution in [1.82, 2.24) is 0 Å². The van der Waals surface area contributed by atoms with E-state index in [0.717, 1.165) is 11.5 Å². The average Bonchev–Trinajstić information content (AvgIpc) is 1.97. The second-order valence-electron chi connectivity index (χ2n) is 1.29. The zero-order chi connectivity index (χ0) is 7.66. The van der Waals surface area contributed by atoms with Crippen molar-refractivity contribution in [3.05, 3.63) is 23.2 Å². The molecule has 0 radical (unpaired) electrons. The van der Waals surface area contributed by atoms with Gasteiger partial charge in [-0.15, -0.1) is 0 Å². The molecule has 0 saturated heterocycles. The highest BCUT2D eigenvalue weighted by Gasteiger charge is 1.81. The molecule has 0 aliphatic carbocycles. The minimum absolute atomic E-state index is 0.949. The Kier molecular flexibility index (Phi) is 10.5. The van der Waals surface area contributed by atoms with Gasteiger partial charge in [-0.1, -0.05) is 56.9 Å². The van der Waals surface area contributed by atoms with Gasteiger partial charge in [0.1, 0.15) is 0 Å². The third-order valence-corrected chi connectivity index (χ3v) is 3.09. The Morgan fingerprint density at radius 3 is 1.60 bits per heavy atom. The van der Waals surface area contributed by atoms with Gasteiger partial charge in [-0.05, 0) is 0 Å². The van der Waals surface area contributed by atoms with Crippen molar-refractivity contribution in [3.8, 4) is 0 Å². The fourth-order valence-electron chi connectivity index (χ4n) is 0.248. The van der Waals surface area contributed by atoms with E-state index in [9.17, 15) is 0 Å². The van der Waals surface area contributed by atoms with Crippen molar-refractivity contribution in [3.63, 3.8) is 0 Å². The molecule has 0 aliphatic rings. The molecule has 0 heterocycles. The predicted octanol–water partition coefficient (Wildman–Crippen LogP) is 3.87. The summed E-state index contributed by atoms with van der Waals surface area (Å²) in [7, 11) is 3.51. The van der Waals surface area contributed by atoms with Crippen molar-refractivity contribution in [2.24, 2.45) is 0 Å². The lowest BCUT2D eigenvalue weighted by Crippen LogP contribution is -1.66. The van der Waals surface area contributed by atoms with Gasteiger partial charge in [0, 0.05) is 22.6 Å². The number of halogens is 2. The summed E-state index contributed by atoms with van der Waals surface area (Å²) in [6.45, 7) is 0. The van der Waals surface area contributed by atoms with Crippen LogP contribution in [0.5, 0.6) is 0 Å². The molecule has 0 fully saturated rings. The summed E-state index contributed by atoms with van der Waals surface area (Å²) < 4.78 is 0. The highest BCUT2D eigenvalue weighted by molar-refractivity contribution is 8.76. The van der Waals surface area contributed by atoms with Gasteiger partial charge in [0.2, 0.25) is 0 Å². The summed E-state index contributed by atoms with van der Waals surface area (Å²) in [5.41, 5.74) is 3.07. The fourth-order valence-corrected chi connectivity index (χ4v) is 2.23. The molecule has 0 nitrogen and oxygen atoms in total. The van der Waals surface area contributed by atoms with Crippen LogP contribution in [-0.4, -0.2) is 11.5 Å². The van der Waals surface area contributed by atoms with Gasteiger partial charge < -0.3 is 0 Å². The van der Waals surface area contributed by atoms with Gasteiger partial charge in [-0.2, -0.15) is 0 Å². The Hall–Kier alpha value is 0.760. The summed E-state index contributed by atoms with van der Waals surface area (Å²) in [5, 5.41) is 0. The van der Waals surface area contributed by atoms with Crippen molar-refractivity contribution in [2.45, 2.75) is 0 Å². The van der Waals surface area contributed by atoms with Crippen LogP contribution in [0.15, 0.2) is 23.2 Å². The molecule has 0 N–H and O–H groups in total. The molecule has 0 saturated carbocycles. The maximum absolute atomic E-state index is 5.30. The van der Waals surface area contributed by atoms with Crippen molar-refractivity contribution >= 4 is 44.8 Å². The average molecular weight is 215 g/mol. The third kappa shape index (κ3) is 8.76. The lowest BCUT2D eigenvalue weighted by atomic mass is 10.8. The van der Waals surface area contributed by atoms with E-state index in [1.165, 1.54) is 11.1 Å². The molecule has 0 amide bonds. The van der Waals surface area contributed by atoms with Gasteiger partial charge >= 0.3 is 0 Å². The Labute approximate surface area is 79.4 Å². The normalized spacial score (nSPS) is 11.8.